The molecule has 1 aliphatic carbocycles. The summed E-state index contributed by atoms with van der Waals surface area (Å²) < 4.78 is 10.7. The zero-order valence-electron chi connectivity index (χ0n) is 10.2. The van der Waals surface area contributed by atoms with Crippen LogP contribution in [0.5, 0.6) is 0 Å². The Hall–Kier alpha value is -1.26. The van der Waals surface area contributed by atoms with Gasteiger partial charge in [-0.3, -0.25) is 9.78 Å². The number of pyridine rings is 1. The standard InChI is InChI=1S/C14H17NO3/c16-13(3-4-14-17-6-7-18-14)12-8-11(12)10-2-1-5-15-9-10/h1-2,5,9,11-12,14H,3-4,6-8H2/t11-,12+/m1/s1. The first-order valence-corrected chi connectivity index (χ1v) is 6.50. The molecule has 0 radical (unpaired) electrons. The molecule has 0 N–H and O–H groups in total. The van der Waals surface area contributed by atoms with E-state index in [1.165, 1.54) is 5.56 Å². The number of Topliss-reactive ketones (excluding diaryl/α,β-unsaturated/α-hetero) is 1. The average Bonchev–Trinajstić information content (AvgIpc) is 3.05. The monoisotopic (exact) mass is 247 g/mol. The lowest BCUT2D eigenvalue weighted by atomic mass is 10.1. The van der Waals surface area contributed by atoms with Crippen LogP contribution in [0.3, 0.4) is 0 Å². The molecule has 0 amide bonds. The van der Waals surface area contributed by atoms with Gasteiger partial charge in [-0.25, -0.2) is 0 Å². The van der Waals surface area contributed by atoms with Crippen molar-refractivity contribution < 1.29 is 14.3 Å². The minimum absolute atomic E-state index is 0.162. The Balaban J connectivity index is 1.47. The van der Waals surface area contributed by atoms with Crippen molar-refractivity contribution in [3.05, 3.63) is 30.1 Å². The molecule has 2 fully saturated rings. The van der Waals surface area contributed by atoms with E-state index >= 15 is 0 Å². The molecule has 3 rings (SSSR count). The number of nitrogens with zero attached hydrogens (tertiary/aromatic N) is 1. The normalized spacial score (nSPS) is 27.3. The molecule has 2 heterocycles. The van der Waals surface area contributed by atoms with Crippen molar-refractivity contribution in [1.82, 2.24) is 4.98 Å². The Kier molecular flexibility index (Phi) is 3.39. The number of hydrogen-bond donors (Lipinski definition) is 0. The molecule has 0 bridgehead atoms. The maximum Gasteiger partial charge on any atom is 0.158 e. The fourth-order valence-electron chi connectivity index (χ4n) is 2.53. The zero-order valence-corrected chi connectivity index (χ0v) is 10.2. The van der Waals surface area contributed by atoms with E-state index in [9.17, 15) is 4.79 Å². The highest BCUT2D eigenvalue weighted by molar-refractivity contribution is 5.84. The summed E-state index contributed by atoms with van der Waals surface area (Å²) in [6.07, 6.45) is 5.68. The van der Waals surface area contributed by atoms with E-state index < -0.39 is 0 Å². The van der Waals surface area contributed by atoms with Gasteiger partial charge in [-0.2, -0.15) is 0 Å². The van der Waals surface area contributed by atoms with Gasteiger partial charge in [0.2, 0.25) is 0 Å². The van der Waals surface area contributed by atoms with E-state index in [2.05, 4.69) is 4.98 Å². The van der Waals surface area contributed by atoms with Gasteiger partial charge in [-0.05, 0) is 24.0 Å². The predicted octanol–water partition coefficient (Wildman–Crippen LogP) is 1.91. The molecule has 4 nitrogen and oxygen atoms in total. The van der Waals surface area contributed by atoms with Gasteiger partial charge in [-0.15, -0.1) is 0 Å². The second-order valence-electron chi connectivity index (χ2n) is 4.91. The number of ketones is 1. The molecule has 2 atom stereocenters. The molecule has 0 spiro atoms. The molecule has 0 aromatic carbocycles. The van der Waals surface area contributed by atoms with E-state index in [1.54, 1.807) is 6.20 Å². The molecule has 0 unspecified atom stereocenters. The molecule has 96 valence electrons. The Bertz CT molecular complexity index is 414. The largest absolute Gasteiger partial charge is 0.350 e. The number of hydrogen-bond acceptors (Lipinski definition) is 4. The third kappa shape index (κ3) is 2.60. The summed E-state index contributed by atoms with van der Waals surface area (Å²) in [6.45, 7) is 1.31. The quantitative estimate of drug-likeness (QED) is 0.797. The van der Waals surface area contributed by atoms with Gasteiger partial charge in [0.1, 0.15) is 5.78 Å². The molecule has 4 heteroatoms. The van der Waals surface area contributed by atoms with Gasteiger partial charge in [-0.1, -0.05) is 6.07 Å². The van der Waals surface area contributed by atoms with Crippen molar-refractivity contribution in [1.29, 1.82) is 0 Å². The van der Waals surface area contributed by atoms with Crippen molar-refractivity contribution in [2.24, 2.45) is 5.92 Å². The topological polar surface area (TPSA) is 48.4 Å². The van der Waals surface area contributed by atoms with E-state index in [1.807, 2.05) is 18.3 Å². The molecule has 1 saturated carbocycles. The highest BCUT2D eigenvalue weighted by Crippen LogP contribution is 2.48. The Morgan fingerprint density at radius 3 is 2.94 bits per heavy atom. The Morgan fingerprint density at radius 2 is 2.22 bits per heavy atom. The molecular formula is C14H17NO3. The van der Waals surface area contributed by atoms with E-state index in [0.717, 1.165) is 6.42 Å². The Morgan fingerprint density at radius 1 is 1.39 bits per heavy atom. The van der Waals surface area contributed by atoms with Crippen molar-refractivity contribution >= 4 is 5.78 Å². The fourth-order valence-corrected chi connectivity index (χ4v) is 2.53. The minimum Gasteiger partial charge on any atom is -0.350 e. The number of rotatable bonds is 5. The van der Waals surface area contributed by atoms with Crippen LogP contribution >= 0.6 is 0 Å². The maximum absolute atomic E-state index is 12.0. The summed E-state index contributed by atoms with van der Waals surface area (Å²) in [4.78, 5) is 16.1. The summed E-state index contributed by atoms with van der Waals surface area (Å²) >= 11 is 0. The smallest absolute Gasteiger partial charge is 0.158 e. The minimum atomic E-state index is -0.162. The highest BCUT2D eigenvalue weighted by atomic mass is 16.7. The van der Waals surface area contributed by atoms with Crippen LogP contribution in [0.15, 0.2) is 24.5 Å². The summed E-state index contributed by atoms with van der Waals surface area (Å²) in [5, 5.41) is 0. The third-order valence-corrected chi connectivity index (χ3v) is 3.63. The molecule has 1 aromatic heterocycles. The SMILES string of the molecule is O=C(CCC1OCCO1)[C@H]1C[C@@H]1c1cccnc1. The predicted molar refractivity (Wildman–Crippen MR) is 65.0 cm³/mol. The first kappa shape index (κ1) is 11.8. The first-order chi connectivity index (χ1) is 8.84. The maximum atomic E-state index is 12.0. The lowest BCUT2D eigenvalue weighted by Crippen LogP contribution is -2.11. The van der Waals surface area contributed by atoms with Crippen LogP contribution < -0.4 is 0 Å². The van der Waals surface area contributed by atoms with Crippen LogP contribution in [0.1, 0.15) is 30.7 Å². The van der Waals surface area contributed by atoms with E-state index in [-0.39, 0.29) is 12.2 Å². The third-order valence-electron chi connectivity index (χ3n) is 3.63. The van der Waals surface area contributed by atoms with Crippen LogP contribution in [0.25, 0.3) is 0 Å². The number of carbonyl (C=O) groups excluding carboxylic acids is 1. The summed E-state index contributed by atoms with van der Waals surface area (Å²) in [5.74, 6) is 0.912. The number of carbonyl (C=O) groups is 1. The van der Waals surface area contributed by atoms with Crippen LogP contribution in [0.4, 0.5) is 0 Å². The van der Waals surface area contributed by atoms with E-state index in [4.69, 9.17) is 9.47 Å². The van der Waals surface area contributed by atoms with Gasteiger partial charge >= 0.3 is 0 Å². The van der Waals surface area contributed by atoms with Crippen LogP contribution in [0.2, 0.25) is 0 Å². The van der Waals surface area contributed by atoms with Gasteiger partial charge < -0.3 is 9.47 Å². The van der Waals surface area contributed by atoms with Gasteiger partial charge in [0, 0.05) is 31.2 Å². The molecular weight excluding hydrogens is 230 g/mol. The van der Waals surface area contributed by atoms with Crippen molar-refractivity contribution in [2.45, 2.75) is 31.5 Å². The summed E-state index contributed by atoms with van der Waals surface area (Å²) in [6, 6.07) is 3.98. The highest BCUT2D eigenvalue weighted by Gasteiger charge is 2.43. The second-order valence-corrected chi connectivity index (χ2v) is 4.91. The van der Waals surface area contributed by atoms with Gasteiger partial charge in [0.25, 0.3) is 0 Å². The Labute approximate surface area is 106 Å². The van der Waals surface area contributed by atoms with Crippen molar-refractivity contribution in [3.63, 3.8) is 0 Å². The van der Waals surface area contributed by atoms with E-state index in [0.29, 0.717) is 37.8 Å². The fraction of sp³-hybridized carbons (Fsp3) is 0.571. The molecule has 1 saturated heterocycles. The molecule has 1 aliphatic heterocycles. The van der Waals surface area contributed by atoms with Gasteiger partial charge in [0.15, 0.2) is 6.29 Å². The average molecular weight is 247 g/mol. The van der Waals surface area contributed by atoms with Crippen LogP contribution in [-0.4, -0.2) is 30.3 Å². The summed E-state index contributed by atoms with van der Waals surface area (Å²) in [7, 11) is 0. The summed E-state index contributed by atoms with van der Waals surface area (Å²) in [5.41, 5.74) is 1.18. The zero-order chi connectivity index (χ0) is 12.4. The molecule has 2 aliphatic rings. The van der Waals surface area contributed by atoms with Crippen LogP contribution in [-0.2, 0) is 14.3 Å². The van der Waals surface area contributed by atoms with Crippen molar-refractivity contribution in [3.8, 4) is 0 Å². The molecule has 1 aromatic rings. The van der Waals surface area contributed by atoms with Crippen molar-refractivity contribution in [2.75, 3.05) is 13.2 Å². The first-order valence-electron chi connectivity index (χ1n) is 6.50. The molecule has 18 heavy (non-hydrogen) atoms. The van der Waals surface area contributed by atoms with Gasteiger partial charge in [0.05, 0.1) is 13.2 Å². The number of aromatic nitrogens is 1. The lowest BCUT2D eigenvalue weighted by Gasteiger charge is -2.07. The number of ether oxygens (including phenoxy) is 2. The lowest BCUT2D eigenvalue weighted by molar-refractivity contribution is -0.122. The van der Waals surface area contributed by atoms with Crippen LogP contribution in [0, 0.1) is 5.92 Å². The second kappa shape index (κ2) is 5.16.